The van der Waals surface area contributed by atoms with Crippen molar-refractivity contribution in [2.24, 2.45) is 0 Å². The number of rotatable bonds is 5. The van der Waals surface area contributed by atoms with Crippen LogP contribution in [0.1, 0.15) is 23.9 Å². The Morgan fingerprint density at radius 2 is 2.29 bits per heavy atom. The molecule has 0 saturated carbocycles. The fourth-order valence-corrected chi connectivity index (χ4v) is 1.40. The molecule has 6 nitrogen and oxygen atoms in total. The van der Waals surface area contributed by atoms with Gasteiger partial charge in [0.1, 0.15) is 5.76 Å². The molecule has 1 unspecified atom stereocenters. The SMILES string of the molecule is Cc1cc(=O)n(C(=O)CN(C)CCC(C)O)o1. The molecule has 0 aliphatic carbocycles. The van der Waals surface area contributed by atoms with E-state index in [1.54, 1.807) is 25.8 Å². The fourth-order valence-electron chi connectivity index (χ4n) is 1.40. The van der Waals surface area contributed by atoms with E-state index >= 15 is 0 Å². The summed E-state index contributed by atoms with van der Waals surface area (Å²) in [6, 6.07) is 1.27. The standard InChI is InChI=1S/C11H18N2O4/c1-8(14)4-5-12(3)7-11(16)13-10(15)6-9(2)17-13/h6,8,14H,4-5,7H2,1-3H3. The van der Waals surface area contributed by atoms with Crippen LogP contribution in [0, 0.1) is 6.92 Å². The predicted molar refractivity (Wildman–Crippen MR) is 62.1 cm³/mol. The number of aliphatic hydroxyl groups excluding tert-OH is 1. The molecule has 0 radical (unpaired) electrons. The van der Waals surface area contributed by atoms with E-state index in [0.29, 0.717) is 18.7 Å². The molecule has 1 atom stereocenters. The van der Waals surface area contributed by atoms with Gasteiger partial charge in [0.05, 0.1) is 12.6 Å². The number of likely N-dealkylation sites (N-methyl/N-ethyl adjacent to an activating group) is 1. The van der Waals surface area contributed by atoms with E-state index in [0.717, 1.165) is 4.74 Å². The lowest BCUT2D eigenvalue weighted by Gasteiger charge is -2.15. The van der Waals surface area contributed by atoms with Gasteiger partial charge in [0.25, 0.3) is 11.5 Å². The van der Waals surface area contributed by atoms with Crippen LogP contribution in [0.4, 0.5) is 0 Å². The van der Waals surface area contributed by atoms with Gasteiger partial charge in [-0.2, -0.15) is 0 Å². The third-order valence-corrected chi connectivity index (χ3v) is 2.32. The Morgan fingerprint density at radius 1 is 1.65 bits per heavy atom. The predicted octanol–water partition coefficient (Wildman–Crippen LogP) is 0.0926. The van der Waals surface area contributed by atoms with Gasteiger partial charge < -0.3 is 9.63 Å². The van der Waals surface area contributed by atoms with Crippen molar-refractivity contribution < 1.29 is 14.4 Å². The fraction of sp³-hybridized carbons (Fsp3) is 0.636. The Morgan fingerprint density at radius 3 is 2.76 bits per heavy atom. The number of hydrogen-bond acceptors (Lipinski definition) is 5. The second-order valence-electron chi connectivity index (χ2n) is 4.25. The van der Waals surface area contributed by atoms with Crippen molar-refractivity contribution in [2.75, 3.05) is 20.1 Å². The van der Waals surface area contributed by atoms with Crippen molar-refractivity contribution in [2.45, 2.75) is 26.4 Å². The van der Waals surface area contributed by atoms with Gasteiger partial charge in [-0.25, -0.2) is 0 Å². The number of carbonyl (C=O) groups excluding carboxylic acids is 1. The zero-order chi connectivity index (χ0) is 13.0. The summed E-state index contributed by atoms with van der Waals surface area (Å²) in [6.07, 6.45) is 0.177. The summed E-state index contributed by atoms with van der Waals surface area (Å²) < 4.78 is 5.74. The van der Waals surface area contributed by atoms with Crippen LogP contribution in [-0.4, -0.2) is 46.9 Å². The molecule has 1 N–H and O–H groups in total. The first-order chi connectivity index (χ1) is 7.90. The average molecular weight is 242 g/mol. The lowest BCUT2D eigenvalue weighted by molar-refractivity contribution is 0.0719. The van der Waals surface area contributed by atoms with Crippen LogP contribution < -0.4 is 5.56 Å². The molecule has 0 aliphatic rings. The molecule has 1 heterocycles. The van der Waals surface area contributed by atoms with Gasteiger partial charge in [0.15, 0.2) is 0 Å². The highest BCUT2D eigenvalue weighted by Gasteiger charge is 2.14. The highest BCUT2D eigenvalue weighted by Crippen LogP contribution is 1.96. The van der Waals surface area contributed by atoms with Gasteiger partial charge >= 0.3 is 0 Å². The first-order valence-corrected chi connectivity index (χ1v) is 5.50. The first kappa shape index (κ1) is 13.7. The summed E-state index contributed by atoms with van der Waals surface area (Å²) in [5, 5.41) is 9.11. The van der Waals surface area contributed by atoms with Crippen molar-refractivity contribution in [1.82, 2.24) is 9.64 Å². The van der Waals surface area contributed by atoms with E-state index in [9.17, 15) is 9.59 Å². The largest absolute Gasteiger partial charge is 0.393 e. The number of aryl methyl sites for hydroxylation is 1. The molecule has 1 aromatic rings. The van der Waals surface area contributed by atoms with Crippen LogP contribution in [-0.2, 0) is 0 Å². The monoisotopic (exact) mass is 242 g/mol. The highest BCUT2D eigenvalue weighted by atomic mass is 16.5. The molecule has 0 aromatic carbocycles. The molecule has 0 bridgehead atoms. The molecule has 1 aromatic heterocycles. The minimum Gasteiger partial charge on any atom is -0.393 e. The van der Waals surface area contributed by atoms with Gasteiger partial charge in [-0.15, -0.1) is 4.74 Å². The number of aliphatic hydroxyl groups is 1. The number of carbonyl (C=O) groups is 1. The van der Waals surface area contributed by atoms with Gasteiger partial charge in [-0.1, -0.05) is 0 Å². The Bertz CT molecular complexity index is 433. The summed E-state index contributed by atoms with van der Waals surface area (Å²) in [7, 11) is 1.75. The quantitative estimate of drug-likeness (QED) is 0.792. The second-order valence-corrected chi connectivity index (χ2v) is 4.25. The van der Waals surface area contributed by atoms with Gasteiger partial charge in [0.2, 0.25) is 0 Å². The van der Waals surface area contributed by atoms with Crippen LogP contribution >= 0.6 is 0 Å². The van der Waals surface area contributed by atoms with E-state index in [1.807, 2.05) is 0 Å². The third kappa shape index (κ3) is 4.16. The number of nitrogens with zero attached hydrogens (tertiary/aromatic N) is 2. The minimum atomic E-state index is -0.448. The van der Waals surface area contributed by atoms with Gasteiger partial charge in [-0.3, -0.25) is 14.5 Å². The molecule has 0 amide bonds. The maximum Gasteiger partial charge on any atom is 0.290 e. The summed E-state index contributed by atoms with van der Waals surface area (Å²) in [5.74, 6) is 0.00572. The lowest BCUT2D eigenvalue weighted by atomic mass is 10.3. The molecule has 0 spiro atoms. The lowest BCUT2D eigenvalue weighted by Crippen LogP contribution is -2.34. The van der Waals surface area contributed by atoms with E-state index < -0.39 is 17.6 Å². The Kier molecular flexibility index (Phi) is 4.65. The molecular weight excluding hydrogens is 224 g/mol. The Hall–Kier alpha value is -1.40. The molecule has 96 valence electrons. The summed E-state index contributed by atoms with van der Waals surface area (Å²) >= 11 is 0. The Labute approximate surface area is 99.4 Å². The molecule has 0 aliphatic heterocycles. The maximum atomic E-state index is 11.7. The second kappa shape index (κ2) is 5.79. The molecule has 6 heteroatoms. The topological polar surface area (TPSA) is 75.7 Å². The zero-order valence-corrected chi connectivity index (χ0v) is 10.3. The van der Waals surface area contributed by atoms with Crippen molar-refractivity contribution >= 4 is 5.91 Å². The third-order valence-electron chi connectivity index (χ3n) is 2.32. The number of aromatic nitrogens is 1. The van der Waals surface area contributed by atoms with Crippen LogP contribution in [0.2, 0.25) is 0 Å². The normalized spacial score (nSPS) is 13.0. The van der Waals surface area contributed by atoms with E-state index in [2.05, 4.69) is 0 Å². The van der Waals surface area contributed by atoms with E-state index in [4.69, 9.17) is 9.63 Å². The Balaban J connectivity index is 2.55. The van der Waals surface area contributed by atoms with Crippen LogP contribution in [0.25, 0.3) is 0 Å². The average Bonchev–Trinajstić information content (AvgIpc) is 2.55. The molecular formula is C11H18N2O4. The summed E-state index contributed by atoms with van der Waals surface area (Å²) in [4.78, 5) is 24.8. The smallest absolute Gasteiger partial charge is 0.290 e. The molecule has 0 saturated heterocycles. The van der Waals surface area contributed by atoms with Gasteiger partial charge in [0, 0.05) is 12.6 Å². The van der Waals surface area contributed by atoms with Crippen molar-refractivity contribution in [3.05, 3.63) is 22.2 Å². The zero-order valence-electron chi connectivity index (χ0n) is 10.3. The minimum absolute atomic E-state index is 0.0829. The first-order valence-electron chi connectivity index (χ1n) is 5.50. The van der Waals surface area contributed by atoms with Crippen LogP contribution in [0.3, 0.4) is 0 Å². The van der Waals surface area contributed by atoms with E-state index in [-0.39, 0.29) is 6.54 Å². The summed E-state index contributed by atoms with van der Waals surface area (Å²) in [6.45, 7) is 3.97. The van der Waals surface area contributed by atoms with E-state index in [1.165, 1.54) is 6.07 Å². The summed E-state index contributed by atoms with van der Waals surface area (Å²) in [5.41, 5.74) is -0.448. The maximum absolute atomic E-state index is 11.7. The van der Waals surface area contributed by atoms with Crippen molar-refractivity contribution in [3.8, 4) is 0 Å². The number of hydrogen-bond donors (Lipinski definition) is 1. The van der Waals surface area contributed by atoms with Crippen LogP contribution in [0.5, 0.6) is 0 Å². The highest BCUT2D eigenvalue weighted by molar-refractivity contribution is 5.79. The van der Waals surface area contributed by atoms with Crippen molar-refractivity contribution in [1.29, 1.82) is 0 Å². The van der Waals surface area contributed by atoms with Gasteiger partial charge in [-0.05, 0) is 27.3 Å². The molecule has 17 heavy (non-hydrogen) atoms. The molecule has 1 rings (SSSR count). The van der Waals surface area contributed by atoms with Crippen molar-refractivity contribution in [3.63, 3.8) is 0 Å². The molecule has 0 fully saturated rings. The van der Waals surface area contributed by atoms with Crippen LogP contribution in [0.15, 0.2) is 15.4 Å².